The highest BCUT2D eigenvalue weighted by Crippen LogP contribution is 2.27. The van der Waals surface area contributed by atoms with Gasteiger partial charge in [0.15, 0.2) is 0 Å². The molecule has 0 aromatic heterocycles. The van der Waals surface area contributed by atoms with Gasteiger partial charge >= 0.3 is 0 Å². The second-order valence-electron chi connectivity index (χ2n) is 4.64. The third-order valence-electron chi connectivity index (χ3n) is 3.38. The highest BCUT2D eigenvalue weighted by Gasteiger charge is 2.27. The summed E-state index contributed by atoms with van der Waals surface area (Å²) in [6.07, 6.45) is 1.51. The van der Waals surface area contributed by atoms with Crippen molar-refractivity contribution in [2.45, 2.75) is 37.6 Å². The normalized spacial score (nSPS) is 11.6. The summed E-state index contributed by atoms with van der Waals surface area (Å²) in [7, 11) is -2.01. The highest BCUT2D eigenvalue weighted by atomic mass is 35.5. The Kier molecular flexibility index (Phi) is 6.69. The molecule has 6 heteroatoms. The first-order valence-electron chi connectivity index (χ1n) is 6.84. The molecule has 1 rings (SSSR count). The van der Waals surface area contributed by atoms with Gasteiger partial charge in [0.25, 0.3) is 0 Å². The number of sulfonamides is 1. The third-order valence-corrected chi connectivity index (χ3v) is 5.77. The van der Waals surface area contributed by atoms with Gasteiger partial charge in [-0.2, -0.15) is 4.31 Å². The lowest BCUT2D eigenvalue weighted by atomic mass is 10.2. The van der Waals surface area contributed by atoms with E-state index in [1.54, 1.807) is 19.2 Å². The number of nitrogens with zero attached hydrogens (tertiary/aromatic N) is 1. The molecule has 0 unspecified atom stereocenters. The summed E-state index contributed by atoms with van der Waals surface area (Å²) in [6.45, 7) is 4.18. The Labute approximate surface area is 132 Å². The van der Waals surface area contributed by atoms with E-state index in [0.29, 0.717) is 5.56 Å². The molecule has 116 valence electrons. The summed E-state index contributed by atoms with van der Waals surface area (Å²) < 4.78 is 26.6. The van der Waals surface area contributed by atoms with Crippen molar-refractivity contribution in [2.75, 3.05) is 13.6 Å². The zero-order valence-corrected chi connectivity index (χ0v) is 14.1. The first-order valence-corrected chi connectivity index (χ1v) is 8.66. The molecule has 21 heavy (non-hydrogen) atoms. The van der Waals surface area contributed by atoms with Crippen molar-refractivity contribution < 1.29 is 8.42 Å². The molecule has 0 amide bonds. The van der Waals surface area contributed by atoms with Crippen LogP contribution in [0.1, 0.15) is 32.3 Å². The van der Waals surface area contributed by atoms with Crippen LogP contribution in [-0.4, -0.2) is 32.4 Å². The van der Waals surface area contributed by atoms with Crippen LogP contribution < -0.4 is 5.73 Å². The Balaban J connectivity index is 3.20. The van der Waals surface area contributed by atoms with Crippen molar-refractivity contribution in [3.63, 3.8) is 0 Å². The molecular formula is C15H21ClN2O2S. The highest BCUT2D eigenvalue weighted by molar-refractivity contribution is 7.89. The van der Waals surface area contributed by atoms with E-state index in [-0.39, 0.29) is 22.5 Å². The molecule has 0 bridgehead atoms. The third kappa shape index (κ3) is 4.21. The number of rotatable bonds is 5. The van der Waals surface area contributed by atoms with Gasteiger partial charge in [0.1, 0.15) is 4.90 Å². The van der Waals surface area contributed by atoms with Crippen LogP contribution in [-0.2, 0) is 10.0 Å². The van der Waals surface area contributed by atoms with Gasteiger partial charge in [0.2, 0.25) is 10.0 Å². The average molecular weight is 329 g/mol. The molecule has 0 aliphatic carbocycles. The number of hydrogen-bond acceptors (Lipinski definition) is 3. The summed E-state index contributed by atoms with van der Waals surface area (Å²) in [5.41, 5.74) is 5.96. The molecule has 1 aromatic carbocycles. The number of benzene rings is 1. The maximum absolute atomic E-state index is 12.6. The fraction of sp³-hybridized carbons (Fsp3) is 0.467. The predicted molar refractivity (Wildman–Crippen MR) is 86.7 cm³/mol. The molecule has 0 saturated carbocycles. The summed E-state index contributed by atoms with van der Waals surface area (Å²) in [5, 5.41) is 0.177. The largest absolute Gasteiger partial charge is 0.320 e. The van der Waals surface area contributed by atoms with E-state index in [0.717, 1.165) is 12.8 Å². The zero-order valence-electron chi connectivity index (χ0n) is 12.6. The molecule has 0 fully saturated rings. The molecule has 0 saturated heterocycles. The van der Waals surface area contributed by atoms with Crippen molar-refractivity contribution in [1.82, 2.24) is 4.31 Å². The van der Waals surface area contributed by atoms with E-state index in [1.165, 1.54) is 10.4 Å². The topological polar surface area (TPSA) is 63.4 Å². The van der Waals surface area contributed by atoms with Crippen LogP contribution in [0, 0.1) is 11.8 Å². The maximum Gasteiger partial charge on any atom is 0.244 e. The summed E-state index contributed by atoms with van der Waals surface area (Å²) >= 11 is 6.12. The van der Waals surface area contributed by atoms with Crippen LogP contribution >= 0.6 is 11.6 Å². The molecule has 0 spiro atoms. The molecule has 4 nitrogen and oxygen atoms in total. The van der Waals surface area contributed by atoms with E-state index in [4.69, 9.17) is 17.3 Å². The zero-order chi connectivity index (χ0) is 16.0. The summed E-state index contributed by atoms with van der Waals surface area (Å²) in [6, 6.07) is 4.65. The molecule has 1 aromatic rings. The predicted octanol–water partition coefficient (Wildman–Crippen LogP) is 2.46. The molecule has 0 radical (unpaired) electrons. The van der Waals surface area contributed by atoms with Gasteiger partial charge in [0.05, 0.1) is 11.6 Å². The Morgan fingerprint density at radius 3 is 2.43 bits per heavy atom. The second-order valence-corrected chi connectivity index (χ2v) is 7.02. The lowest BCUT2D eigenvalue weighted by Gasteiger charge is -2.25. The Bertz CT molecular complexity index is 643. The van der Waals surface area contributed by atoms with Gasteiger partial charge in [-0.15, -0.1) is 0 Å². The van der Waals surface area contributed by atoms with Crippen LogP contribution in [0.4, 0.5) is 0 Å². The lowest BCUT2D eigenvalue weighted by Crippen LogP contribution is -2.36. The quantitative estimate of drug-likeness (QED) is 0.844. The first-order chi connectivity index (χ1) is 9.88. The monoisotopic (exact) mass is 328 g/mol. The Hall–Kier alpha value is -1.06. The van der Waals surface area contributed by atoms with E-state index in [1.807, 2.05) is 13.8 Å². The van der Waals surface area contributed by atoms with Gasteiger partial charge in [-0.1, -0.05) is 37.3 Å². The first kappa shape index (κ1) is 18.0. The van der Waals surface area contributed by atoms with Crippen molar-refractivity contribution in [2.24, 2.45) is 5.73 Å². The van der Waals surface area contributed by atoms with Crippen LogP contribution in [0.15, 0.2) is 23.1 Å². The van der Waals surface area contributed by atoms with Crippen molar-refractivity contribution >= 4 is 21.6 Å². The average Bonchev–Trinajstić information content (AvgIpc) is 2.46. The minimum absolute atomic E-state index is 0.0391. The van der Waals surface area contributed by atoms with Crippen LogP contribution in [0.3, 0.4) is 0 Å². The van der Waals surface area contributed by atoms with Gasteiger partial charge in [-0.25, -0.2) is 8.42 Å². The Morgan fingerprint density at radius 1 is 1.33 bits per heavy atom. The SMILES string of the molecule is CCC(CC)N(C)S(=O)(=O)c1ccc(C#CCN)cc1Cl. The minimum Gasteiger partial charge on any atom is -0.320 e. The number of halogens is 1. The molecule has 0 aliphatic heterocycles. The van der Waals surface area contributed by atoms with E-state index >= 15 is 0 Å². The van der Waals surface area contributed by atoms with E-state index in [2.05, 4.69) is 11.8 Å². The van der Waals surface area contributed by atoms with Gasteiger partial charge < -0.3 is 5.73 Å². The van der Waals surface area contributed by atoms with E-state index in [9.17, 15) is 8.42 Å². The number of nitrogens with two attached hydrogens (primary N) is 1. The molecule has 2 N–H and O–H groups in total. The smallest absolute Gasteiger partial charge is 0.244 e. The van der Waals surface area contributed by atoms with Gasteiger partial charge in [-0.05, 0) is 31.0 Å². The fourth-order valence-corrected chi connectivity index (χ4v) is 4.11. The molecule has 0 heterocycles. The van der Waals surface area contributed by atoms with Gasteiger partial charge in [-0.3, -0.25) is 0 Å². The lowest BCUT2D eigenvalue weighted by molar-refractivity contribution is 0.350. The molecule has 0 atom stereocenters. The Morgan fingerprint density at radius 2 is 1.95 bits per heavy atom. The fourth-order valence-electron chi connectivity index (χ4n) is 2.10. The van der Waals surface area contributed by atoms with Crippen LogP contribution in [0.25, 0.3) is 0 Å². The molecular weight excluding hydrogens is 308 g/mol. The van der Waals surface area contributed by atoms with Crippen molar-refractivity contribution in [3.05, 3.63) is 28.8 Å². The standard InChI is InChI=1S/C15H21ClN2O2S/c1-4-13(5-2)18(3)21(19,20)15-9-8-12(7-6-10-17)11-14(15)16/h8-9,11,13H,4-5,10,17H2,1-3H3. The summed E-state index contributed by atoms with van der Waals surface area (Å²) in [5.74, 6) is 5.54. The maximum atomic E-state index is 12.6. The second kappa shape index (κ2) is 7.81. The number of hydrogen-bond donors (Lipinski definition) is 1. The van der Waals surface area contributed by atoms with Crippen molar-refractivity contribution in [3.8, 4) is 11.8 Å². The van der Waals surface area contributed by atoms with Crippen LogP contribution in [0.2, 0.25) is 5.02 Å². The molecule has 0 aliphatic rings. The van der Waals surface area contributed by atoms with Crippen molar-refractivity contribution in [1.29, 1.82) is 0 Å². The summed E-state index contributed by atoms with van der Waals surface area (Å²) in [4.78, 5) is 0.108. The van der Waals surface area contributed by atoms with Crippen LogP contribution in [0.5, 0.6) is 0 Å². The minimum atomic E-state index is -3.60. The van der Waals surface area contributed by atoms with Gasteiger partial charge in [0, 0.05) is 18.7 Å². The van der Waals surface area contributed by atoms with E-state index < -0.39 is 10.0 Å².